The summed E-state index contributed by atoms with van der Waals surface area (Å²) in [6.45, 7) is 3.40. The first-order valence-electron chi connectivity index (χ1n) is 14.2. The first-order chi connectivity index (χ1) is 23.4. The molecule has 264 valence electrons. The van der Waals surface area contributed by atoms with Crippen molar-refractivity contribution in [2.45, 2.75) is 23.6 Å². The molecule has 0 radical (unpaired) electrons. The Morgan fingerprint density at radius 2 is 1.06 bits per heavy atom. The highest BCUT2D eigenvalue weighted by Crippen LogP contribution is 2.33. The number of nitrogens with zero attached hydrogens (tertiary/aromatic N) is 4. The summed E-state index contributed by atoms with van der Waals surface area (Å²) in [7, 11) is -5.37. The molecule has 0 saturated heterocycles. The molecular formula is C30H34N10O8S2. The van der Waals surface area contributed by atoms with E-state index in [9.17, 15) is 31.0 Å². The van der Waals surface area contributed by atoms with Crippen LogP contribution in [0.4, 0.5) is 55.1 Å². The van der Waals surface area contributed by atoms with Gasteiger partial charge in [-0.1, -0.05) is 12.1 Å². The Balaban J connectivity index is 0.000000270. The molecule has 20 heteroatoms. The van der Waals surface area contributed by atoms with E-state index < -0.39 is 32.3 Å². The van der Waals surface area contributed by atoms with E-state index in [2.05, 4.69) is 41.7 Å². The lowest BCUT2D eigenvalue weighted by Crippen LogP contribution is -2.19. The molecule has 4 aromatic rings. The predicted molar refractivity (Wildman–Crippen MR) is 189 cm³/mol. The maximum absolute atomic E-state index is 11.5. The van der Waals surface area contributed by atoms with Crippen molar-refractivity contribution in [1.82, 2.24) is 0 Å². The van der Waals surface area contributed by atoms with Gasteiger partial charge in [0.2, 0.25) is 0 Å². The first-order valence-corrected chi connectivity index (χ1v) is 17.1. The summed E-state index contributed by atoms with van der Waals surface area (Å²) in [6.07, 6.45) is 0. The molecule has 0 atom stereocenters. The zero-order valence-electron chi connectivity index (χ0n) is 27.0. The summed E-state index contributed by atoms with van der Waals surface area (Å²) in [5, 5.41) is 26.6. The highest BCUT2D eigenvalue weighted by molar-refractivity contribution is 7.86. The molecule has 0 aliphatic heterocycles. The molecule has 0 aromatic heterocycles. The number of primary amides is 2. The number of amides is 4. The van der Waals surface area contributed by atoms with Crippen LogP contribution in [0.1, 0.15) is 11.1 Å². The van der Waals surface area contributed by atoms with Gasteiger partial charge >= 0.3 is 12.1 Å². The van der Waals surface area contributed by atoms with Crippen LogP contribution >= 0.6 is 0 Å². The molecule has 0 spiro atoms. The molecule has 10 N–H and O–H groups in total. The number of hydrogen-bond donors (Lipinski definition) is 8. The van der Waals surface area contributed by atoms with Crippen LogP contribution in [0.25, 0.3) is 0 Å². The van der Waals surface area contributed by atoms with Crippen molar-refractivity contribution in [2.24, 2.45) is 31.9 Å². The lowest BCUT2D eigenvalue weighted by Gasteiger charge is -2.08. The van der Waals surface area contributed by atoms with Crippen LogP contribution in [0.2, 0.25) is 0 Å². The second-order valence-electron chi connectivity index (χ2n) is 10.2. The third-order valence-electron chi connectivity index (χ3n) is 6.49. The Labute approximate surface area is 287 Å². The molecule has 0 unspecified atom stereocenters. The minimum atomic E-state index is -4.45. The smallest absolute Gasteiger partial charge is 0.316 e. The van der Waals surface area contributed by atoms with Crippen molar-refractivity contribution in [2.75, 3.05) is 35.4 Å². The SMILES string of the molecule is CNc1ccc(N=Nc2cc(S(=O)(=O)O)ccc2C)c(NC(N)=O)c1.CNc1ccc(N=Nc2ccc(C)cc2S(=O)(=O)O)c(NC(N)=O)c1. The van der Waals surface area contributed by atoms with Gasteiger partial charge in [0.15, 0.2) is 0 Å². The minimum Gasteiger partial charge on any atom is -0.388 e. The van der Waals surface area contributed by atoms with Gasteiger partial charge in [0, 0.05) is 25.5 Å². The van der Waals surface area contributed by atoms with Crippen LogP contribution in [0.5, 0.6) is 0 Å². The molecular weight excluding hydrogens is 693 g/mol. The number of anilines is 4. The fraction of sp³-hybridized carbons (Fsp3) is 0.133. The standard InChI is InChI=1S/2C15H17N5O4S/c1-9-3-5-11(25(22,23)24)8-13(9)20-19-12-6-4-10(17-2)7-14(12)18-15(16)21;1-9-3-5-12(14(7-9)25(22,23)24)20-19-11-6-4-10(17-2)8-13(11)18-15(16)21/h2*3-8,17H,1-2H3,(H3,16,18,21)(H,22,23,24). The molecule has 0 saturated carbocycles. The number of nitrogens with one attached hydrogen (secondary N) is 4. The van der Waals surface area contributed by atoms with Crippen molar-refractivity contribution in [3.05, 3.63) is 83.9 Å². The Morgan fingerprint density at radius 3 is 1.50 bits per heavy atom. The third-order valence-corrected chi connectivity index (χ3v) is 8.22. The Morgan fingerprint density at radius 1 is 0.600 bits per heavy atom. The highest BCUT2D eigenvalue weighted by Gasteiger charge is 2.16. The number of carbonyl (C=O) groups excluding carboxylic acids is 2. The number of carbonyl (C=O) groups is 2. The van der Waals surface area contributed by atoms with Crippen molar-refractivity contribution in [3.63, 3.8) is 0 Å². The molecule has 0 fully saturated rings. The second kappa shape index (κ2) is 16.4. The average molecular weight is 727 g/mol. The van der Waals surface area contributed by atoms with Gasteiger partial charge in [-0.05, 0) is 85.6 Å². The van der Waals surface area contributed by atoms with E-state index in [-0.39, 0.29) is 26.9 Å². The topological polar surface area (TPSA) is 292 Å². The van der Waals surface area contributed by atoms with Gasteiger partial charge in [-0.15, -0.1) is 15.3 Å². The molecule has 0 bridgehead atoms. The summed E-state index contributed by atoms with van der Waals surface area (Å²) in [5.74, 6) is 0. The van der Waals surface area contributed by atoms with Crippen LogP contribution in [0.3, 0.4) is 0 Å². The van der Waals surface area contributed by atoms with Crippen molar-refractivity contribution in [1.29, 1.82) is 0 Å². The molecule has 18 nitrogen and oxygen atoms in total. The minimum absolute atomic E-state index is 0.0316. The van der Waals surface area contributed by atoms with Crippen molar-refractivity contribution >= 4 is 77.8 Å². The molecule has 0 heterocycles. The summed E-state index contributed by atoms with van der Waals surface area (Å²) in [6, 6.07) is 16.6. The molecule has 0 aliphatic carbocycles. The van der Waals surface area contributed by atoms with E-state index in [1.54, 1.807) is 70.4 Å². The van der Waals surface area contributed by atoms with E-state index in [4.69, 9.17) is 16.0 Å². The number of azo groups is 2. The number of rotatable bonds is 10. The van der Waals surface area contributed by atoms with Gasteiger partial charge in [-0.25, -0.2) is 9.59 Å². The van der Waals surface area contributed by atoms with Gasteiger partial charge in [-0.3, -0.25) is 9.11 Å². The van der Waals surface area contributed by atoms with Crippen LogP contribution in [0.15, 0.2) is 103 Å². The van der Waals surface area contributed by atoms with Crippen LogP contribution in [-0.2, 0) is 20.2 Å². The van der Waals surface area contributed by atoms with E-state index in [0.29, 0.717) is 33.9 Å². The largest absolute Gasteiger partial charge is 0.388 e. The Kier molecular flexibility index (Phi) is 12.6. The van der Waals surface area contributed by atoms with Gasteiger partial charge in [-0.2, -0.15) is 21.9 Å². The van der Waals surface area contributed by atoms with E-state index in [1.165, 1.54) is 30.3 Å². The Bertz CT molecular complexity index is 2190. The zero-order valence-corrected chi connectivity index (χ0v) is 28.7. The molecule has 4 amide bonds. The van der Waals surface area contributed by atoms with Crippen LogP contribution < -0.4 is 32.7 Å². The number of aryl methyl sites for hydroxylation is 2. The molecule has 0 aliphatic rings. The fourth-order valence-corrected chi connectivity index (χ4v) is 5.22. The second-order valence-corrected chi connectivity index (χ2v) is 13.0. The maximum Gasteiger partial charge on any atom is 0.316 e. The predicted octanol–water partition coefficient (Wildman–Crippen LogP) is 6.38. The van der Waals surface area contributed by atoms with E-state index in [1.807, 2.05) is 0 Å². The first kappa shape index (κ1) is 38.5. The van der Waals surface area contributed by atoms with Crippen LogP contribution in [-0.4, -0.2) is 52.1 Å². The highest BCUT2D eigenvalue weighted by atomic mass is 32.2. The van der Waals surface area contributed by atoms with Gasteiger partial charge < -0.3 is 32.7 Å². The van der Waals surface area contributed by atoms with Crippen molar-refractivity contribution < 1.29 is 35.5 Å². The van der Waals surface area contributed by atoms with Gasteiger partial charge in [0.25, 0.3) is 20.2 Å². The number of hydrogen-bond acceptors (Lipinski definition) is 12. The zero-order chi connectivity index (χ0) is 37.2. The third kappa shape index (κ3) is 11.1. The molecule has 4 rings (SSSR count). The number of urea groups is 2. The molecule has 50 heavy (non-hydrogen) atoms. The summed E-state index contributed by atoms with van der Waals surface area (Å²) in [4.78, 5) is 21.6. The lowest BCUT2D eigenvalue weighted by atomic mass is 10.2. The fourth-order valence-electron chi connectivity index (χ4n) is 4.01. The normalized spacial score (nSPS) is 11.5. The lowest BCUT2D eigenvalue weighted by molar-refractivity contribution is 0.258. The van der Waals surface area contributed by atoms with E-state index >= 15 is 0 Å². The van der Waals surface area contributed by atoms with Crippen LogP contribution in [0, 0.1) is 13.8 Å². The maximum atomic E-state index is 11.5. The number of benzene rings is 4. The summed E-state index contributed by atoms with van der Waals surface area (Å²) >= 11 is 0. The van der Waals surface area contributed by atoms with Crippen molar-refractivity contribution in [3.8, 4) is 0 Å². The average Bonchev–Trinajstić information content (AvgIpc) is 3.03. The molecule has 4 aromatic carbocycles. The van der Waals surface area contributed by atoms with Gasteiger partial charge in [0.1, 0.15) is 22.0 Å². The quantitative estimate of drug-likeness (QED) is 0.0659. The van der Waals surface area contributed by atoms with E-state index in [0.717, 1.165) is 5.69 Å². The van der Waals surface area contributed by atoms with Gasteiger partial charge in [0.05, 0.1) is 22.0 Å². The summed E-state index contributed by atoms with van der Waals surface area (Å²) in [5.41, 5.74) is 14.5. The monoisotopic (exact) mass is 726 g/mol. The summed E-state index contributed by atoms with van der Waals surface area (Å²) < 4.78 is 63.9. The number of nitrogens with two attached hydrogens (primary N) is 2. The Hall–Kier alpha value is -5.96.